The van der Waals surface area contributed by atoms with E-state index in [2.05, 4.69) is 5.32 Å². The zero-order chi connectivity index (χ0) is 19.3. The predicted octanol–water partition coefficient (Wildman–Crippen LogP) is 3.08. The first-order valence-electron chi connectivity index (χ1n) is 8.23. The number of nitrogens with zero attached hydrogens (tertiary/aromatic N) is 1. The van der Waals surface area contributed by atoms with E-state index < -0.39 is 10.0 Å². The molecule has 0 aliphatic carbocycles. The van der Waals surface area contributed by atoms with Crippen molar-refractivity contribution < 1.29 is 13.2 Å². The standard InChI is InChI=1S/C19H23ClN2O3S/c1-14-7-8-18(11-15(14)2)22(26(3,24)25)13-19(23)21-10-9-16-5-4-6-17(20)12-16/h4-8,11-12H,9-10,13H2,1-3H3,(H,21,23). The van der Waals surface area contributed by atoms with E-state index in [1.54, 1.807) is 18.2 Å². The van der Waals surface area contributed by atoms with Gasteiger partial charge in [0.05, 0.1) is 11.9 Å². The van der Waals surface area contributed by atoms with Crippen molar-refractivity contribution in [2.45, 2.75) is 20.3 Å². The number of benzene rings is 2. The Hall–Kier alpha value is -2.05. The Bertz CT molecular complexity index is 897. The molecule has 0 aliphatic rings. The number of sulfonamides is 1. The summed E-state index contributed by atoms with van der Waals surface area (Å²) in [5.41, 5.74) is 3.53. The molecule has 0 fully saturated rings. The molecule has 0 unspecified atom stereocenters. The lowest BCUT2D eigenvalue weighted by Gasteiger charge is -2.22. The molecular weight excluding hydrogens is 372 g/mol. The number of hydrogen-bond acceptors (Lipinski definition) is 3. The van der Waals surface area contributed by atoms with Gasteiger partial charge in [0.1, 0.15) is 6.54 Å². The average Bonchev–Trinajstić information content (AvgIpc) is 2.54. The molecule has 1 N–H and O–H groups in total. The van der Waals surface area contributed by atoms with Crippen molar-refractivity contribution in [2.75, 3.05) is 23.7 Å². The topological polar surface area (TPSA) is 66.5 Å². The van der Waals surface area contributed by atoms with E-state index in [1.807, 2.05) is 38.1 Å². The van der Waals surface area contributed by atoms with Crippen LogP contribution in [0, 0.1) is 13.8 Å². The van der Waals surface area contributed by atoms with Crippen LogP contribution in [-0.4, -0.2) is 33.7 Å². The number of amides is 1. The van der Waals surface area contributed by atoms with Crippen molar-refractivity contribution in [3.05, 3.63) is 64.2 Å². The number of carbonyl (C=O) groups is 1. The first kappa shape index (κ1) is 20.3. The van der Waals surface area contributed by atoms with Crippen molar-refractivity contribution in [1.82, 2.24) is 5.32 Å². The molecule has 26 heavy (non-hydrogen) atoms. The van der Waals surface area contributed by atoms with Gasteiger partial charge in [-0.1, -0.05) is 29.8 Å². The molecule has 2 aromatic carbocycles. The van der Waals surface area contributed by atoms with E-state index in [1.165, 1.54) is 0 Å². The van der Waals surface area contributed by atoms with Crippen LogP contribution in [0.5, 0.6) is 0 Å². The van der Waals surface area contributed by atoms with Gasteiger partial charge in [-0.15, -0.1) is 0 Å². The minimum absolute atomic E-state index is 0.253. The highest BCUT2D eigenvalue weighted by molar-refractivity contribution is 7.92. The highest BCUT2D eigenvalue weighted by atomic mass is 35.5. The van der Waals surface area contributed by atoms with E-state index in [0.29, 0.717) is 23.7 Å². The molecule has 140 valence electrons. The minimum Gasteiger partial charge on any atom is -0.354 e. The molecule has 7 heteroatoms. The third kappa shape index (κ3) is 5.75. The fraction of sp³-hybridized carbons (Fsp3) is 0.316. The third-order valence-electron chi connectivity index (χ3n) is 4.09. The number of carbonyl (C=O) groups excluding carboxylic acids is 1. The van der Waals surface area contributed by atoms with Gasteiger partial charge in [0.2, 0.25) is 15.9 Å². The maximum atomic E-state index is 12.2. The zero-order valence-corrected chi connectivity index (χ0v) is 16.7. The summed E-state index contributed by atoms with van der Waals surface area (Å²) >= 11 is 5.94. The Balaban J connectivity index is 2.01. The van der Waals surface area contributed by atoms with Crippen LogP contribution in [0.3, 0.4) is 0 Å². The first-order chi connectivity index (χ1) is 12.2. The van der Waals surface area contributed by atoms with E-state index in [4.69, 9.17) is 11.6 Å². The molecule has 0 heterocycles. The summed E-state index contributed by atoms with van der Waals surface area (Å²) in [5, 5.41) is 3.41. The van der Waals surface area contributed by atoms with Crippen LogP contribution < -0.4 is 9.62 Å². The minimum atomic E-state index is -3.57. The normalized spacial score (nSPS) is 11.2. The molecule has 5 nitrogen and oxygen atoms in total. The summed E-state index contributed by atoms with van der Waals surface area (Å²) in [7, 11) is -3.57. The number of halogens is 1. The number of anilines is 1. The molecule has 1 amide bonds. The van der Waals surface area contributed by atoms with Gasteiger partial charge in [-0.05, 0) is 61.2 Å². The maximum absolute atomic E-state index is 12.2. The Morgan fingerprint density at radius 3 is 2.46 bits per heavy atom. The van der Waals surface area contributed by atoms with Crippen molar-refractivity contribution >= 4 is 33.2 Å². The molecule has 0 aromatic heterocycles. The lowest BCUT2D eigenvalue weighted by Crippen LogP contribution is -2.41. The molecule has 2 aromatic rings. The van der Waals surface area contributed by atoms with Crippen LogP contribution in [0.4, 0.5) is 5.69 Å². The van der Waals surface area contributed by atoms with E-state index in [9.17, 15) is 13.2 Å². The highest BCUT2D eigenvalue weighted by Crippen LogP contribution is 2.21. The van der Waals surface area contributed by atoms with Crippen LogP contribution in [0.15, 0.2) is 42.5 Å². The molecule has 0 bridgehead atoms. The van der Waals surface area contributed by atoms with Crippen LogP contribution in [0.1, 0.15) is 16.7 Å². The second-order valence-corrected chi connectivity index (χ2v) is 8.61. The van der Waals surface area contributed by atoms with Gasteiger partial charge in [0.25, 0.3) is 0 Å². The summed E-state index contributed by atoms with van der Waals surface area (Å²) in [6.07, 6.45) is 1.72. The Morgan fingerprint density at radius 1 is 1.12 bits per heavy atom. The van der Waals surface area contributed by atoms with E-state index in [-0.39, 0.29) is 12.5 Å². The third-order valence-corrected chi connectivity index (χ3v) is 5.47. The van der Waals surface area contributed by atoms with Crippen LogP contribution >= 0.6 is 11.6 Å². The summed E-state index contributed by atoms with van der Waals surface area (Å²) < 4.78 is 25.4. The predicted molar refractivity (Wildman–Crippen MR) is 106 cm³/mol. The van der Waals surface area contributed by atoms with Gasteiger partial charge in [-0.2, -0.15) is 0 Å². The highest BCUT2D eigenvalue weighted by Gasteiger charge is 2.21. The molecule has 0 spiro atoms. The molecule has 0 radical (unpaired) electrons. The van der Waals surface area contributed by atoms with Crippen molar-refractivity contribution in [3.63, 3.8) is 0 Å². The number of rotatable bonds is 7. The maximum Gasteiger partial charge on any atom is 0.240 e. The monoisotopic (exact) mass is 394 g/mol. The number of hydrogen-bond donors (Lipinski definition) is 1. The Morgan fingerprint density at radius 2 is 1.85 bits per heavy atom. The second kappa shape index (κ2) is 8.56. The molecule has 0 saturated carbocycles. The average molecular weight is 395 g/mol. The van der Waals surface area contributed by atoms with Crippen LogP contribution in [0.25, 0.3) is 0 Å². The quantitative estimate of drug-likeness (QED) is 0.784. The van der Waals surface area contributed by atoms with E-state index in [0.717, 1.165) is 27.3 Å². The summed E-state index contributed by atoms with van der Waals surface area (Å²) in [6.45, 7) is 4.01. The lowest BCUT2D eigenvalue weighted by atomic mass is 10.1. The van der Waals surface area contributed by atoms with E-state index >= 15 is 0 Å². The van der Waals surface area contributed by atoms with Crippen molar-refractivity contribution in [2.24, 2.45) is 0 Å². The largest absolute Gasteiger partial charge is 0.354 e. The van der Waals surface area contributed by atoms with Crippen molar-refractivity contribution in [1.29, 1.82) is 0 Å². The second-order valence-electron chi connectivity index (χ2n) is 6.27. The summed E-state index contributed by atoms with van der Waals surface area (Å²) in [4.78, 5) is 12.2. The smallest absolute Gasteiger partial charge is 0.240 e. The zero-order valence-electron chi connectivity index (χ0n) is 15.1. The Labute approximate surface area is 160 Å². The fourth-order valence-electron chi connectivity index (χ4n) is 2.51. The fourth-order valence-corrected chi connectivity index (χ4v) is 3.57. The van der Waals surface area contributed by atoms with Crippen LogP contribution in [-0.2, 0) is 21.2 Å². The summed E-state index contributed by atoms with van der Waals surface area (Å²) in [5.74, 6) is -0.351. The van der Waals surface area contributed by atoms with Crippen LogP contribution in [0.2, 0.25) is 5.02 Å². The molecule has 0 saturated heterocycles. The number of nitrogens with one attached hydrogen (secondary N) is 1. The summed E-state index contributed by atoms with van der Waals surface area (Å²) in [6, 6.07) is 12.7. The molecular formula is C19H23ClN2O3S. The number of aryl methyl sites for hydroxylation is 2. The lowest BCUT2D eigenvalue weighted by molar-refractivity contribution is -0.119. The molecule has 2 rings (SSSR count). The SMILES string of the molecule is Cc1ccc(N(CC(=O)NCCc2cccc(Cl)c2)S(C)(=O)=O)cc1C. The van der Waals surface area contributed by atoms with Gasteiger partial charge >= 0.3 is 0 Å². The van der Waals surface area contributed by atoms with Gasteiger partial charge in [0, 0.05) is 11.6 Å². The molecule has 0 aliphatic heterocycles. The van der Waals surface area contributed by atoms with Gasteiger partial charge in [-0.3, -0.25) is 9.10 Å². The van der Waals surface area contributed by atoms with Gasteiger partial charge in [-0.25, -0.2) is 8.42 Å². The van der Waals surface area contributed by atoms with Gasteiger partial charge in [0.15, 0.2) is 0 Å². The Kier molecular flexibility index (Phi) is 6.67. The molecule has 0 atom stereocenters. The van der Waals surface area contributed by atoms with Crippen molar-refractivity contribution in [3.8, 4) is 0 Å². The van der Waals surface area contributed by atoms with Gasteiger partial charge < -0.3 is 5.32 Å². The first-order valence-corrected chi connectivity index (χ1v) is 10.5.